The molecule has 3 heterocycles. The maximum atomic E-state index is 14.9. The summed E-state index contributed by atoms with van der Waals surface area (Å²) in [5.74, 6) is 0.454. The lowest BCUT2D eigenvalue weighted by molar-refractivity contribution is 0.287. The lowest BCUT2D eigenvalue weighted by atomic mass is 10.0. The summed E-state index contributed by atoms with van der Waals surface area (Å²) in [6.45, 7) is 5.84. The van der Waals surface area contributed by atoms with Crippen LogP contribution in [-0.2, 0) is 12.8 Å². The van der Waals surface area contributed by atoms with Crippen LogP contribution in [0.25, 0.3) is 11.3 Å². The van der Waals surface area contributed by atoms with Crippen LogP contribution >= 0.6 is 0 Å². The number of rotatable bonds is 4. The zero-order chi connectivity index (χ0) is 22.2. The third-order valence-electron chi connectivity index (χ3n) is 5.94. The normalized spacial score (nSPS) is 15.1. The van der Waals surface area contributed by atoms with Gasteiger partial charge in [0.15, 0.2) is 17.4 Å². The number of anilines is 1. The number of aromatic nitrogens is 2. The summed E-state index contributed by atoms with van der Waals surface area (Å²) in [6.07, 6.45) is 3.61. The minimum atomic E-state index is -0.588. The lowest BCUT2D eigenvalue weighted by Gasteiger charge is -2.34. The van der Waals surface area contributed by atoms with Crippen LogP contribution in [0.4, 0.5) is 14.5 Å². The van der Waals surface area contributed by atoms with Crippen molar-refractivity contribution in [3.8, 4) is 22.8 Å². The highest BCUT2D eigenvalue weighted by molar-refractivity contribution is 5.72. The van der Waals surface area contributed by atoms with Crippen molar-refractivity contribution in [2.45, 2.75) is 39.2 Å². The molecule has 0 fully saturated rings. The number of halogens is 2. The molecule has 0 unspecified atom stereocenters. The second-order valence-electron chi connectivity index (χ2n) is 8.50. The second kappa shape index (κ2) is 8.37. The van der Waals surface area contributed by atoms with Gasteiger partial charge in [0.2, 0.25) is 0 Å². The van der Waals surface area contributed by atoms with E-state index < -0.39 is 11.6 Å². The predicted octanol–water partition coefficient (Wildman–Crippen LogP) is 4.94. The molecule has 7 heteroatoms. The highest BCUT2D eigenvalue weighted by atomic mass is 19.1. The van der Waals surface area contributed by atoms with Crippen LogP contribution in [0.15, 0.2) is 36.5 Å². The van der Waals surface area contributed by atoms with Gasteiger partial charge in [-0.1, -0.05) is 12.1 Å². The average molecular weight is 437 g/mol. The summed E-state index contributed by atoms with van der Waals surface area (Å²) >= 11 is 0. The number of fused-ring (bicyclic) bond motifs is 2. The fourth-order valence-corrected chi connectivity index (χ4v) is 4.34. The molecule has 3 aromatic rings. The van der Waals surface area contributed by atoms with Crippen molar-refractivity contribution in [3.05, 3.63) is 65.1 Å². The first kappa shape index (κ1) is 20.7. The van der Waals surface area contributed by atoms with E-state index in [9.17, 15) is 8.78 Å². The Kier molecular flexibility index (Phi) is 5.41. The molecule has 0 aliphatic carbocycles. The Morgan fingerprint density at radius 3 is 2.78 bits per heavy atom. The monoisotopic (exact) mass is 437 g/mol. The number of benzene rings is 2. The van der Waals surface area contributed by atoms with Crippen LogP contribution in [0.3, 0.4) is 0 Å². The summed E-state index contributed by atoms with van der Waals surface area (Å²) in [6, 6.07) is 9.27. The molecule has 0 saturated heterocycles. The topological polar surface area (TPSA) is 47.5 Å². The van der Waals surface area contributed by atoms with Crippen molar-refractivity contribution < 1.29 is 18.3 Å². The van der Waals surface area contributed by atoms with E-state index in [2.05, 4.69) is 20.9 Å². The molecule has 1 aromatic heterocycles. The Balaban J connectivity index is 1.49. The molecule has 2 aliphatic rings. The molecule has 0 radical (unpaired) electrons. The van der Waals surface area contributed by atoms with E-state index in [4.69, 9.17) is 9.47 Å². The van der Waals surface area contributed by atoms with E-state index in [1.165, 1.54) is 11.6 Å². The first-order chi connectivity index (χ1) is 15.5. The van der Waals surface area contributed by atoms with Gasteiger partial charge in [0, 0.05) is 18.0 Å². The Morgan fingerprint density at radius 1 is 1.06 bits per heavy atom. The molecule has 0 spiro atoms. The van der Waals surface area contributed by atoms with E-state index >= 15 is 0 Å². The predicted molar refractivity (Wildman–Crippen MR) is 118 cm³/mol. The van der Waals surface area contributed by atoms with E-state index in [-0.39, 0.29) is 17.5 Å². The molecule has 5 nitrogen and oxygen atoms in total. The third kappa shape index (κ3) is 3.87. The minimum absolute atomic E-state index is 0.0835. The summed E-state index contributed by atoms with van der Waals surface area (Å²) in [7, 11) is 0. The molecule has 0 atom stereocenters. The molecule has 2 aliphatic heterocycles. The second-order valence-corrected chi connectivity index (χ2v) is 8.50. The molecular weight excluding hydrogens is 412 g/mol. The fraction of sp³-hybridized carbons (Fsp3) is 0.360. The van der Waals surface area contributed by atoms with Gasteiger partial charge in [-0.3, -0.25) is 0 Å². The van der Waals surface area contributed by atoms with Gasteiger partial charge in [-0.15, -0.1) is 0 Å². The molecule has 0 amide bonds. The van der Waals surface area contributed by atoms with Crippen molar-refractivity contribution in [3.63, 3.8) is 0 Å². The molecule has 166 valence electrons. The number of hydrogen-bond donors (Lipinski definition) is 0. The molecule has 5 rings (SSSR count). The summed E-state index contributed by atoms with van der Waals surface area (Å²) in [5, 5.41) is 0. The van der Waals surface area contributed by atoms with E-state index in [1.807, 2.05) is 26.0 Å². The first-order valence-electron chi connectivity index (χ1n) is 11.0. The van der Waals surface area contributed by atoms with Gasteiger partial charge in [0.25, 0.3) is 0 Å². The van der Waals surface area contributed by atoms with Gasteiger partial charge in [-0.2, -0.15) is 0 Å². The SMILES string of the molecule is CC(C)N1CCOc2c(F)cc(-c3nc(Cc4ccc5c(c4)OCCC5)ncc3F)cc21. The number of ether oxygens (including phenoxy) is 2. The third-order valence-corrected chi connectivity index (χ3v) is 5.94. The van der Waals surface area contributed by atoms with E-state index in [1.54, 1.807) is 6.07 Å². The molecule has 0 N–H and O–H groups in total. The van der Waals surface area contributed by atoms with E-state index in [0.717, 1.165) is 30.4 Å². The van der Waals surface area contributed by atoms with Crippen LogP contribution in [0.5, 0.6) is 11.5 Å². The maximum absolute atomic E-state index is 14.9. The average Bonchev–Trinajstić information content (AvgIpc) is 2.79. The Morgan fingerprint density at radius 2 is 1.94 bits per heavy atom. The summed E-state index contributed by atoms with van der Waals surface area (Å²) < 4.78 is 40.9. The smallest absolute Gasteiger partial charge is 0.178 e. The number of hydrogen-bond acceptors (Lipinski definition) is 5. The Hall–Kier alpha value is -3.22. The standard InChI is InChI=1S/C25H25F2N3O2/c1-15(2)30-7-9-32-25-19(26)12-18(13-21(25)30)24-20(27)14-28-23(29-24)11-16-5-6-17-4-3-8-31-22(17)10-16/h5-6,10,12-15H,3-4,7-9,11H2,1-2H3. The maximum Gasteiger partial charge on any atom is 0.178 e. The van der Waals surface area contributed by atoms with Crippen molar-refractivity contribution in [1.82, 2.24) is 9.97 Å². The fourth-order valence-electron chi connectivity index (χ4n) is 4.34. The number of nitrogens with zero attached hydrogens (tertiary/aromatic N) is 3. The Bertz CT molecular complexity index is 1170. The molecular formula is C25H25F2N3O2. The lowest BCUT2D eigenvalue weighted by Crippen LogP contribution is -2.38. The van der Waals surface area contributed by atoms with Crippen molar-refractivity contribution in [1.29, 1.82) is 0 Å². The minimum Gasteiger partial charge on any atom is -0.493 e. The highest BCUT2D eigenvalue weighted by Gasteiger charge is 2.25. The Labute approximate surface area is 186 Å². The van der Waals surface area contributed by atoms with Crippen LogP contribution in [0.1, 0.15) is 37.2 Å². The van der Waals surface area contributed by atoms with Gasteiger partial charge in [-0.25, -0.2) is 18.7 Å². The van der Waals surface area contributed by atoms with Crippen LogP contribution in [0, 0.1) is 11.6 Å². The molecule has 2 aromatic carbocycles. The van der Waals surface area contributed by atoms with Crippen LogP contribution in [-0.4, -0.2) is 35.8 Å². The van der Waals surface area contributed by atoms with Crippen LogP contribution in [0.2, 0.25) is 0 Å². The molecule has 32 heavy (non-hydrogen) atoms. The summed E-state index contributed by atoms with van der Waals surface area (Å²) in [4.78, 5) is 10.7. The van der Waals surface area contributed by atoms with E-state index in [0.29, 0.717) is 43.3 Å². The highest BCUT2D eigenvalue weighted by Crippen LogP contribution is 2.39. The zero-order valence-electron chi connectivity index (χ0n) is 18.2. The summed E-state index contributed by atoms with van der Waals surface area (Å²) in [5.41, 5.74) is 3.25. The van der Waals surface area contributed by atoms with Crippen molar-refractivity contribution in [2.75, 3.05) is 24.7 Å². The van der Waals surface area contributed by atoms with Gasteiger partial charge in [0.05, 0.1) is 25.0 Å². The zero-order valence-corrected chi connectivity index (χ0v) is 18.2. The largest absolute Gasteiger partial charge is 0.493 e. The van der Waals surface area contributed by atoms with Gasteiger partial charge >= 0.3 is 0 Å². The van der Waals surface area contributed by atoms with Gasteiger partial charge in [-0.05, 0) is 56.0 Å². The number of aryl methyl sites for hydroxylation is 1. The van der Waals surface area contributed by atoms with Gasteiger partial charge < -0.3 is 14.4 Å². The van der Waals surface area contributed by atoms with Crippen molar-refractivity contribution >= 4 is 5.69 Å². The molecule has 0 saturated carbocycles. The van der Waals surface area contributed by atoms with Crippen molar-refractivity contribution in [2.24, 2.45) is 0 Å². The van der Waals surface area contributed by atoms with Gasteiger partial charge in [0.1, 0.15) is 23.9 Å². The van der Waals surface area contributed by atoms with Crippen LogP contribution < -0.4 is 14.4 Å². The first-order valence-corrected chi connectivity index (χ1v) is 11.0. The molecule has 0 bridgehead atoms. The quantitative estimate of drug-likeness (QED) is 0.578.